The third kappa shape index (κ3) is 5.32. The Hall–Kier alpha value is -0.350. The molecule has 3 nitrogen and oxygen atoms in total. The van der Waals surface area contributed by atoms with Crippen LogP contribution in [0, 0.1) is 0 Å². The predicted octanol–water partition coefficient (Wildman–Crippen LogP) is 1.49. The first-order valence-corrected chi connectivity index (χ1v) is 4.39. The van der Waals surface area contributed by atoms with Crippen LogP contribution in [-0.4, -0.2) is 29.2 Å². The van der Waals surface area contributed by atoms with E-state index in [1.54, 1.807) is 0 Å². The molecule has 0 aromatic carbocycles. The fourth-order valence-corrected chi connectivity index (χ4v) is 1.04. The fraction of sp³-hybridized carbons (Fsp3) is 0.875. The van der Waals surface area contributed by atoms with Crippen LogP contribution in [-0.2, 0) is 9.47 Å². The summed E-state index contributed by atoms with van der Waals surface area (Å²) < 4.78 is 10.2. The van der Waals surface area contributed by atoms with Crippen LogP contribution in [0.15, 0.2) is 0 Å². The standard InChI is InChI=1S/C8H16O3S/c1-4-10-7(12)11-8(2,3)5-6-9/h9H,4-6H2,1-3H3. The van der Waals surface area contributed by atoms with Crippen molar-refractivity contribution < 1.29 is 14.6 Å². The summed E-state index contributed by atoms with van der Waals surface area (Å²) >= 11 is 4.79. The minimum atomic E-state index is -0.443. The second kappa shape index (κ2) is 5.32. The van der Waals surface area contributed by atoms with Crippen molar-refractivity contribution in [2.24, 2.45) is 0 Å². The van der Waals surface area contributed by atoms with Gasteiger partial charge < -0.3 is 14.6 Å². The summed E-state index contributed by atoms with van der Waals surface area (Å²) in [5.41, 5.74) is -0.443. The number of thiocarbonyl (C=S) groups is 1. The van der Waals surface area contributed by atoms with Gasteiger partial charge in [-0.25, -0.2) is 0 Å². The predicted molar refractivity (Wildman–Crippen MR) is 51.1 cm³/mol. The molecule has 0 fully saturated rings. The van der Waals surface area contributed by atoms with Gasteiger partial charge in [0.15, 0.2) is 0 Å². The van der Waals surface area contributed by atoms with Crippen LogP contribution >= 0.6 is 12.2 Å². The second-order valence-electron chi connectivity index (χ2n) is 3.02. The van der Waals surface area contributed by atoms with E-state index in [1.807, 2.05) is 20.8 Å². The summed E-state index contributed by atoms with van der Waals surface area (Å²) in [4.78, 5) is 0. The summed E-state index contributed by atoms with van der Waals surface area (Å²) in [6.45, 7) is 6.15. The zero-order valence-electron chi connectivity index (χ0n) is 7.79. The lowest BCUT2D eigenvalue weighted by Gasteiger charge is -2.24. The summed E-state index contributed by atoms with van der Waals surface area (Å²) in [7, 11) is 0. The van der Waals surface area contributed by atoms with Crippen LogP contribution < -0.4 is 0 Å². The van der Waals surface area contributed by atoms with Crippen molar-refractivity contribution in [3.05, 3.63) is 0 Å². The molecule has 0 rings (SSSR count). The number of hydrogen-bond donors (Lipinski definition) is 1. The SMILES string of the molecule is CCOC(=S)OC(C)(C)CCO. The average Bonchev–Trinajstić information content (AvgIpc) is 1.85. The molecule has 0 atom stereocenters. The first kappa shape index (κ1) is 11.6. The van der Waals surface area contributed by atoms with E-state index in [0.717, 1.165) is 0 Å². The molecule has 0 bridgehead atoms. The first-order chi connectivity index (χ1) is 5.52. The Morgan fingerprint density at radius 3 is 2.50 bits per heavy atom. The maximum Gasteiger partial charge on any atom is 0.352 e. The van der Waals surface area contributed by atoms with Gasteiger partial charge in [0.25, 0.3) is 0 Å². The molecule has 0 heterocycles. The van der Waals surface area contributed by atoms with Crippen LogP contribution in [0.5, 0.6) is 0 Å². The largest absolute Gasteiger partial charge is 0.457 e. The Morgan fingerprint density at radius 1 is 1.50 bits per heavy atom. The van der Waals surface area contributed by atoms with Gasteiger partial charge in [-0.05, 0) is 20.8 Å². The molecule has 4 heteroatoms. The third-order valence-electron chi connectivity index (χ3n) is 1.34. The highest BCUT2D eigenvalue weighted by Gasteiger charge is 2.20. The maximum absolute atomic E-state index is 8.68. The molecule has 1 N–H and O–H groups in total. The van der Waals surface area contributed by atoms with Gasteiger partial charge in [0.1, 0.15) is 5.60 Å². The van der Waals surface area contributed by atoms with Gasteiger partial charge in [-0.1, -0.05) is 0 Å². The van der Waals surface area contributed by atoms with E-state index in [9.17, 15) is 0 Å². The zero-order valence-corrected chi connectivity index (χ0v) is 8.61. The highest BCUT2D eigenvalue weighted by atomic mass is 32.1. The van der Waals surface area contributed by atoms with Gasteiger partial charge in [-0.3, -0.25) is 0 Å². The quantitative estimate of drug-likeness (QED) is 0.685. The topological polar surface area (TPSA) is 38.7 Å². The summed E-state index contributed by atoms with van der Waals surface area (Å²) in [6, 6.07) is 0. The molecule has 0 aliphatic heterocycles. The fourth-order valence-electron chi connectivity index (χ4n) is 0.693. The van der Waals surface area contributed by atoms with Crippen LogP contribution in [0.1, 0.15) is 27.2 Å². The highest BCUT2D eigenvalue weighted by molar-refractivity contribution is 7.79. The van der Waals surface area contributed by atoms with E-state index in [1.165, 1.54) is 0 Å². The van der Waals surface area contributed by atoms with Crippen molar-refractivity contribution in [2.75, 3.05) is 13.2 Å². The first-order valence-electron chi connectivity index (χ1n) is 3.98. The van der Waals surface area contributed by atoms with Gasteiger partial charge in [0.2, 0.25) is 0 Å². The molecule has 0 amide bonds. The van der Waals surface area contributed by atoms with Gasteiger partial charge in [-0.2, -0.15) is 0 Å². The molecule has 12 heavy (non-hydrogen) atoms. The normalized spacial score (nSPS) is 11.0. The van der Waals surface area contributed by atoms with Crippen molar-refractivity contribution in [1.29, 1.82) is 0 Å². The Bertz CT molecular complexity index is 145. The Morgan fingerprint density at radius 2 is 2.08 bits per heavy atom. The molecule has 0 aromatic heterocycles. The van der Waals surface area contributed by atoms with Crippen LogP contribution in [0.3, 0.4) is 0 Å². The van der Waals surface area contributed by atoms with Crippen molar-refractivity contribution in [1.82, 2.24) is 0 Å². The Labute approximate surface area is 78.7 Å². The Balaban J connectivity index is 3.79. The van der Waals surface area contributed by atoms with Gasteiger partial charge in [-0.15, -0.1) is 0 Å². The number of aliphatic hydroxyl groups is 1. The van der Waals surface area contributed by atoms with Crippen LogP contribution in [0.2, 0.25) is 0 Å². The molecule has 0 radical (unpaired) electrons. The summed E-state index contributed by atoms with van der Waals surface area (Å²) in [6.07, 6.45) is 0.542. The third-order valence-corrected chi connectivity index (χ3v) is 1.54. The van der Waals surface area contributed by atoms with Crippen molar-refractivity contribution in [3.63, 3.8) is 0 Å². The van der Waals surface area contributed by atoms with Crippen molar-refractivity contribution in [2.45, 2.75) is 32.8 Å². The minimum absolute atomic E-state index is 0.0851. The molecular formula is C8H16O3S. The van der Waals surface area contributed by atoms with E-state index in [4.69, 9.17) is 26.8 Å². The van der Waals surface area contributed by atoms with Crippen molar-refractivity contribution in [3.8, 4) is 0 Å². The van der Waals surface area contributed by atoms with Gasteiger partial charge >= 0.3 is 5.24 Å². The maximum atomic E-state index is 8.68. The van der Waals surface area contributed by atoms with Gasteiger partial charge in [0.05, 0.1) is 6.61 Å². The molecule has 0 aromatic rings. The number of aliphatic hydroxyl groups excluding tert-OH is 1. The second-order valence-corrected chi connectivity index (χ2v) is 3.35. The minimum Gasteiger partial charge on any atom is -0.457 e. The number of hydrogen-bond acceptors (Lipinski definition) is 4. The molecule has 0 aliphatic rings. The molecule has 0 unspecified atom stereocenters. The van der Waals surface area contributed by atoms with E-state index < -0.39 is 5.60 Å². The lowest BCUT2D eigenvalue weighted by molar-refractivity contribution is 0.0328. The molecule has 0 aliphatic carbocycles. The summed E-state index contributed by atoms with van der Waals surface area (Å²) in [5, 5.41) is 8.83. The lowest BCUT2D eigenvalue weighted by Crippen LogP contribution is -2.29. The average molecular weight is 192 g/mol. The lowest BCUT2D eigenvalue weighted by atomic mass is 10.1. The Kier molecular flexibility index (Phi) is 5.17. The van der Waals surface area contributed by atoms with Crippen molar-refractivity contribution >= 4 is 17.5 Å². The van der Waals surface area contributed by atoms with E-state index in [0.29, 0.717) is 13.0 Å². The smallest absolute Gasteiger partial charge is 0.352 e. The molecular weight excluding hydrogens is 176 g/mol. The van der Waals surface area contributed by atoms with E-state index in [-0.39, 0.29) is 11.8 Å². The zero-order chi connectivity index (χ0) is 9.61. The molecule has 0 saturated heterocycles. The monoisotopic (exact) mass is 192 g/mol. The number of ether oxygens (including phenoxy) is 2. The molecule has 0 spiro atoms. The molecule has 72 valence electrons. The van der Waals surface area contributed by atoms with E-state index >= 15 is 0 Å². The summed E-state index contributed by atoms with van der Waals surface area (Å²) in [5.74, 6) is 0. The molecule has 0 saturated carbocycles. The van der Waals surface area contributed by atoms with Gasteiger partial charge in [0, 0.05) is 25.2 Å². The highest BCUT2D eigenvalue weighted by Crippen LogP contribution is 2.14. The van der Waals surface area contributed by atoms with Crippen LogP contribution in [0.25, 0.3) is 0 Å². The van der Waals surface area contributed by atoms with Crippen LogP contribution in [0.4, 0.5) is 0 Å². The number of rotatable bonds is 4. The van der Waals surface area contributed by atoms with E-state index in [2.05, 4.69) is 0 Å².